The van der Waals surface area contributed by atoms with Gasteiger partial charge in [0, 0.05) is 17.1 Å². The number of hydrogen-bond acceptors (Lipinski definition) is 0. The molecular formula is C29H18FeP-9. The molecule has 31 heavy (non-hydrogen) atoms. The summed E-state index contributed by atoms with van der Waals surface area (Å²) in [5.41, 5.74) is 1.05. The molecule has 0 nitrogen and oxygen atoms in total. The Labute approximate surface area is 197 Å². The van der Waals surface area contributed by atoms with Gasteiger partial charge < -0.3 is 60.2 Å². The molecule has 0 spiro atoms. The fraction of sp³-hybridized carbons (Fsp3) is 0.0345. The van der Waals surface area contributed by atoms with Crippen molar-refractivity contribution in [1.82, 2.24) is 0 Å². The van der Waals surface area contributed by atoms with Crippen molar-refractivity contribution in [1.29, 1.82) is 0 Å². The Hall–Kier alpha value is -2.69. The summed E-state index contributed by atoms with van der Waals surface area (Å²) < 4.78 is 0. The third kappa shape index (κ3) is 5.52. The summed E-state index contributed by atoms with van der Waals surface area (Å²) in [6.07, 6.45) is 0.880. The van der Waals surface area contributed by atoms with Gasteiger partial charge in [0.25, 0.3) is 0 Å². The maximum absolute atomic E-state index is 3.19. The van der Waals surface area contributed by atoms with E-state index in [9.17, 15) is 0 Å². The first-order valence-corrected chi connectivity index (χ1v) is 11.6. The summed E-state index contributed by atoms with van der Waals surface area (Å²) in [4.78, 5) is 0. The van der Waals surface area contributed by atoms with Crippen LogP contribution in [0.2, 0.25) is 0 Å². The van der Waals surface area contributed by atoms with E-state index in [2.05, 4.69) is 140 Å². The quantitative estimate of drug-likeness (QED) is 0.206. The van der Waals surface area contributed by atoms with Gasteiger partial charge in [0.1, 0.15) is 15.9 Å². The second-order valence-corrected chi connectivity index (χ2v) is 10.1. The molecule has 0 saturated heterocycles. The van der Waals surface area contributed by atoms with Crippen LogP contribution in [0, 0.1) is 48.5 Å². The molecule has 0 atom stereocenters. The molecule has 0 amide bonds. The minimum atomic E-state index is -1.84. The Bertz CT molecular complexity index is 970. The summed E-state index contributed by atoms with van der Waals surface area (Å²) >= 11 is 0. The predicted octanol–water partition coefficient (Wildman–Crippen LogP) is 4.70. The maximum Gasteiger partial charge on any atom is 0.102 e. The largest absolute Gasteiger partial charge is 0.999 e. The smallest absolute Gasteiger partial charge is 0.102 e. The monoisotopic (exact) mass is 453 g/mol. The van der Waals surface area contributed by atoms with Crippen molar-refractivity contribution in [3.63, 3.8) is 0 Å². The van der Waals surface area contributed by atoms with E-state index in [1.165, 1.54) is 15.9 Å². The molecule has 0 unspecified atom stereocenters. The van der Waals surface area contributed by atoms with Gasteiger partial charge in [-0.15, -0.1) is 0 Å². The normalized spacial score (nSPS) is 10.5. The van der Waals surface area contributed by atoms with Crippen LogP contribution in [0.1, 0.15) is 5.56 Å². The molecule has 0 aliphatic heterocycles. The van der Waals surface area contributed by atoms with E-state index < -0.39 is 7.26 Å². The fourth-order valence-corrected chi connectivity index (χ4v) is 7.63. The Morgan fingerprint density at radius 3 is 1.29 bits per heavy atom. The minimum absolute atomic E-state index is 0. The molecule has 0 saturated carbocycles. The van der Waals surface area contributed by atoms with Crippen LogP contribution in [0.15, 0.2) is 97.1 Å². The van der Waals surface area contributed by atoms with E-state index in [0.717, 1.165) is 11.7 Å². The van der Waals surface area contributed by atoms with Crippen LogP contribution in [0.25, 0.3) is 0 Å². The molecule has 0 aliphatic carbocycles. The Morgan fingerprint density at radius 1 is 0.581 bits per heavy atom. The molecule has 0 bridgehead atoms. The van der Waals surface area contributed by atoms with Gasteiger partial charge >= 0.3 is 0 Å². The van der Waals surface area contributed by atoms with Gasteiger partial charge in [-0.25, -0.2) is 0 Å². The van der Waals surface area contributed by atoms with Crippen LogP contribution in [0.3, 0.4) is 0 Å². The minimum Gasteiger partial charge on any atom is -0.999 e. The van der Waals surface area contributed by atoms with Gasteiger partial charge in [0.15, 0.2) is 0 Å². The van der Waals surface area contributed by atoms with Gasteiger partial charge in [0.2, 0.25) is 0 Å². The van der Waals surface area contributed by atoms with E-state index in [0.29, 0.717) is 0 Å². The molecule has 0 aromatic heterocycles. The first-order chi connectivity index (χ1) is 14.9. The van der Waals surface area contributed by atoms with Crippen molar-refractivity contribution in [3.05, 3.63) is 151 Å². The van der Waals surface area contributed by atoms with Crippen LogP contribution in [-0.2, 0) is 23.2 Å². The van der Waals surface area contributed by atoms with Crippen molar-refractivity contribution in [3.8, 4) is 0 Å². The predicted molar refractivity (Wildman–Crippen MR) is 124 cm³/mol. The second-order valence-electron chi connectivity index (χ2n) is 6.64. The van der Waals surface area contributed by atoms with Crippen molar-refractivity contribution < 1.29 is 17.1 Å². The van der Waals surface area contributed by atoms with Crippen molar-refractivity contribution >= 4 is 23.2 Å². The molecule has 5 rings (SSSR count). The van der Waals surface area contributed by atoms with E-state index in [-0.39, 0.29) is 17.1 Å². The summed E-state index contributed by atoms with van der Waals surface area (Å²) in [6.45, 7) is 0. The molecule has 0 heterocycles. The summed E-state index contributed by atoms with van der Waals surface area (Å²) in [5, 5.41) is 4.11. The van der Waals surface area contributed by atoms with E-state index in [1.54, 1.807) is 6.07 Å². The zero-order valence-electron chi connectivity index (χ0n) is 16.7. The molecule has 0 fully saturated rings. The van der Waals surface area contributed by atoms with Crippen molar-refractivity contribution in [2.75, 3.05) is 0 Å². The van der Waals surface area contributed by atoms with Gasteiger partial charge in [0.05, 0.1) is 7.26 Å². The summed E-state index contributed by atoms with van der Waals surface area (Å²) in [6, 6.07) is 56.8. The van der Waals surface area contributed by atoms with Gasteiger partial charge in [-0.2, -0.15) is 0 Å². The molecule has 0 radical (unpaired) electrons. The molecular weight excluding hydrogens is 435 g/mol. The molecule has 0 aliphatic rings. The Kier molecular flexibility index (Phi) is 8.63. The van der Waals surface area contributed by atoms with E-state index in [4.69, 9.17) is 0 Å². The zero-order chi connectivity index (χ0) is 20.5. The van der Waals surface area contributed by atoms with E-state index >= 15 is 0 Å². The molecule has 0 N–H and O–H groups in total. The number of benzene rings is 3. The van der Waals surface area contributed by atoms with Crippen LogP contribution >= 0.6 is 7.26 Å². The van der Waals surface area contributed by atoms with Crippen LogP contribution in [0.5, 0.6) is 0 Å². The second kappa shape index (κ2) is 11.6. The maximum atomic E-state index is 3.19. The fourth-order valence-electron chi connectivity index (χ4n) is 3.51. The van der Waals surface area contributed by atoms with Gasteiger partial charge in [-0.05, 0) is 36.4 Å². The molecule has 156 valence electrons. The average molecular weight is 453 g/mol. The van der Waals surface area contributed by atoms with Crippen LogP contribution in [-0.4, -0.2) is 0 Å². The first kappa shape index (κ1) is 23.0. The zero-order valence-corrected chi connectivity index (χ0v) is 18.7. The average Bonchev–Trinajstić information content (AvgIpc) is 3.56. The van der Waals surface area contributed by atoms with Crippen LogP contribution in [0.4, 0.5) is 0 Å². The standard InChI is InChI=1S/C24H17P.C5H.Fe/c1-4-14-22(15-5-1)25(20-21-12-10-11-13-21,23-16-6-2-7-17-23)24-18-8-3-9-19-24;1-2-4-5-3-1;/h1-9,14-19H,20H2;1H;/q-4;-5;. The van der Waals surface area contributed by atoms with E-state index in [1.807, 2.05) is 0 Å². The number of rotatable bonds is 5. The molecule has 5 aromatic rings. The van der Waals surface area contributed by atoms with Gasteiger partial charge in [-0.1, -0.05) is 60.8 Å². The summed E-state index contributed by atoms with van der Waals surface area (Å²) in [7, 11) is -1.84. The SMILES string of the molecule is [Fe].[c-]1[c-][c-][c-](C[P+](c2ccccc2)(c2ccccc2)c2ccccc2)[c-]1.[c-]1[c-][c-][cH-][c-]1. The summed E-state index contributed by atoms with van der Waals surface area (Å²) in [5.74, 6) is 0. The third-order valence-electron chi connectivity index (χ3n) is 4.83. The Balaban J connectivity index is 0.000000401. The van der Waals surface area contributed by atoms with Crippen molar-refractivity contribution in [2.24, 2.45) is 0 Å². The topological polar surface area (TPSA) is 0 Å². The van der Waals surface area contributed by atoms with Gasteiger partial charge in [-0.3, -0.25) is 0 Å². The first-order valence-electron chi connectivity index (χ1n) is 9.65. The molecule has 2 heteroatoms. The van der Waals surface area contributed by atoms with Crippen molar-refractivity contribution in [2.45, 2.75) is 6.16 Å². The molecule has 5 aromatic carbocycles. The number of hydrogen-bond donors (Lipinski definition) is 0. The Morgan fingerprint density at radius 2 is 0.968 bits per heavy atom. The third-order valence-corrected chi connectivity index (χ3v) is 9.16. The van der Waals surface area contributed by atoms with Crippen LogP contribution < -0.4 is 15.9 Å².